The molecule has 3 aromatic rings. The van der Waals surface area contributed by atoms with E-state index in [0.717, 1.165) is 11.3 Å². The zero-order valence-electron chi connectivity index (χ0n) is 10.6. The van der Waals surface area contributed by atoms with E-state index < -0.39 is 0 Å². The number of aromatic nitrogens is 3. The third-order valence-corrected chi connectivity index (χ3v) is 3.23. The highest BCUT2D eigenvalue weighted by atomic mass is 79.9. The zero-order chi connectivity index (χ0) is 13.4. The number of hydrogen-bond acceptors (Lipinski definition) is 3. The number of imidazole rings is 1. The first-order chi connectivity index (χ1) is 9.13. The van der Waals surface area contributed by atoms with E-state index in [4.69, 9.17) is 4.74 Å². The van der Waals surface area contributed by atoms with E-state index >= 15 is 0 Å². The molecule has 1 aromatic carbocycles. The monoisotopic (exact) mass is 317 g/mol. The molecule has 4 nitrogen and oxygen atoms in total. The third-order valence-electron chi connectivity index (χ3n) is 2.85. The quantitative estimate of drug-likeness (QED) is 0.719. The second-order valence-corrected chi connectivity index (χ2v) is 5.21. The highest BCUT2D eigenvalue weighted by molar-refractivity contribution is 9.10. The first-order valence-corrected chi connectivity index (χ1v) is 6.67. The molecule has 0 N–H and O–H groups in total. The van der Waals surface area contributed by atoms with Gasteiger partial charge in [-0.1, -0.05) is 17.7 Å². The molecule has 2 heterocycles. The van der Waals surface area contributed by atoms with Crippen LogP contribution >= 0.6 is 15.9 Å². The van der Waals surface area contributed by atoms with Crippen LogP contribution in [0, 0.1) is 13.8 Å². The molecule has 0 spiro atoms. The van der Waals surface area contributed by atoms with Gasteiger partial charge in [-0.15, -0.1) is 0 Å². The summed E-state index contributed by atoms with van der Waals surface area (Å²) in [5.74, 6) is 1.28. The largest absolute Gasteiger partial charge is 0.436 e. The van der Waals surface area contributed by atoms with Gasteiger partial charge in [-0.3, -0.25) is 4.40 Å². The molecular formula is C14H12BrN3O. The fraction of sp³-hybridized carbons (Fsp3) is 0.143. The smallest absolute Gasteiger partial charge is 0.264 e. The maximum Gasteiger partial charge on any atom is 0.264 e. The third kappa shape index (κ3) is 2.33. The van der Waals surface area contributed by atoms with Crippen molar-refractivity contribution >= 4 is 21.6 Å². The van der Waals surface area contributed by atoms with E-state index in [9.17, 15) is 0 Å². The van der Waals surface area contributed by atoms with Gasteiger partial charge >= 0.3 is 0 Å². The molecule has 0 bridgehead atoms. The van der Waals surface area contributed by atoms with Crippen molar-refractivity contribution in [2.45, 2.75) is 13.8 Å². The summed E-state index contributed by atoms with van der Waals surface area (Å²) in [6, 6.07) is 6.05. The van der Waals surface area contributed by atoms with Crippen LogP contribution in [0.5, 0.6) is 11.6 Å². The molecule has 0 radical (unpaired) electrons. The molecular weight excluding hydrogens is 306 g/mol. The number of ether oxygens (including phenoxy) is 1. The first kappa shape index (κ1) is 12.2. The van der Waals surface area contributed by atoms with E-state index in [-0.39, 0.29) is 0 Å². The van der Waals surface area contributed by atoms with E-state index in [0.29, 0.717) is 16.1 Å². The SMILES string of the molecule is Cc1ccc(Oc2nc(Br)cn3ccnc23)c(C)c1. The summed E-state index contributed by atoms with van der Waals surface area (Å²) in [5.41, 5.74) is 2.98. The van der Waals surface area contributed by atoms with Crippen LogP contribution in [0.4, 0.5) is 0 Å². The summed E-state index contributed by atoms with van der Waals surface area (Å²) < 4.78 is 8.47. The normalized spacial score (nSPS) is 10.9. The molecule has 0 saturated heterocycles. The lowest BCUT2D eigenvalue weighted by Gasteiger charge is -2.09. The Kier molecular flexibility index (Phi) is 2.98. The van der Waals surface area contributed by atoms with Crippen LogP contribution in [0.3, 0.4) is 0 Å². The average molecular weight is 318 g/mol. The van der Waals surface area contributed by atoms with Gasteiger partial charge in [0, 0.05) is 18.6 Å². The molecule has 0 aliphatic rings. The highest BCUT2D eigenvalue weighted by Crippen LogP contribution is 2.28. The topological polar surface area (TPSA) is 39.4 Å². The van der Waals surface area contributed by atoms with Crippen LogP contribution in [0.25, 0.3) is 5.65 Å². The lowest BCUT2D eigenvalue weighted by atomic mass is 10.1. The van der Waals surface area contributed by atoms with Crippen molar-refractivity contribution < 1.29 is 4.74 Å². The van der Waals surface area contributed by atoms with Gasteiger partial charge in [-0.25, -0.2) is 9.97 Å². The van der Waals surface area contributed by atoms with Crippen LogP contribution in [0.15, 0.2) is 41.4 Å². The summed E-state index contributed by atoms with van der Waals surface area (Å²) in [4.78, 5) is 8.60. The minimum absolute atomic E-state index is 0.492. The number of nitrogens with zero attached hydrogens (tertiary/aromatic N) is 3. The summed E-state index contributed by atoms with van der Waals surface area (Å²) in [7, 11) is 0. The summed E-state index contributed by atoms with van der Waals surface area (Å²) in [5, 5.41) is 0. The first-order valence-electron chi connectivity index (χ1n) is 5.88. The molecule has 0 atom stereocenters. The van der Waals surface area contributed by atoms with Crippen molar-refractivity contribution in [3.05, 3.63) is 52.5 Å². The fourth-order valence-corrected chi connectivity index (χ4v) is 2.34. The zero-order valence-corrected chi connectivity index (χ0v) is 12.2. The summed E-state index contributed by atoms with van der Waals surface area (Å²) >= 11 is 3.37. The molecule has 0 saturated carbocycles. The molecule has 0 amide bonds. The Morgan fingerprint density at radius 2 is 2.11 bits per heavy atom. The van der Waals surface area contributed by atoms with Crippen molar-refractivity contribution in [2.75, 3.05) is 0 Å². The second kappa shape index (κ2) is 4.66. The predicted octanol–water partition coefficient (Wildman–Crippen LogP) is 3.90. The number of benzene rings is 1. The van der Waals surface area contributed by atoms with Gasteiger partial charge in [0.25, 0.3) is 5.88 Å². The minimum Gasteiger partial charge on any atom is -0.436 e. The van der Waals surface area contributed by atoms with E-state index in [1.54, 1.807) is 6.20 Å². The Morgan fingerprint density at radius 3 is 2.89 bits per heavy atom. The summed E-state index contributed by atoms with van der Waals surface area (Å²) in [6.45, 7) is 4.07. The Labute approximate surface area is 119 Å². The van der Waals surface area contributed by atoms with Crippen LogP contribution in [-0.2, 0) is 0 Å². The number of halogens is 1. The average Bonchev–Trinajstić information content (AvgIpc) is 2.80. The lowest BCUT2D eigenvalue weighted by molar-refractivity contribution is 0.460. The number of rotatable bonds is 2. The van der Waals surface area contributed by atoms with Gasteiger partial charge in [0.15, 0.2) is 0 Å². The maximum atomic E-state index is 5.89. The van der Waals surface area contributed by atoms with Crippen molar-refractivity contribution in [1.29, 1.82) is 0 Å². The molecule has 5 heteroatoms. The standard InChI is InChI=1S/C14H12BrN3O/c1-9-3-4-11(10(2)7-9)19-14-13-16-5-6-18(13)8-12(15)17-14/h3-8H,1-2H3. The Bertz CT molecular complexity index is 752. The highest BCUT2D eigenvalue weighted by Gasteiger charge is 2.10. The molecule has 96 valence electrons. The molecule has 0 fully saturated rings. The van der Waals surface area contributed by atoms with Crippen molar-refractivity contribution in [2.24, 2.45) is 0 Å². The summed E-state index contributed by atoms with van der Waals surface area (Å²) in [6.07, 6.45) is 5.42. The Hall–Kier alpha value is -1.88. The Morgan fingerprint density at radius 1 is 1.26 bits per heavy atom. The van der Waals surface area contributed by atoms with Gasteiger partial charge in [-0.05, 0) is 41.4 Å². The van der Waals surface area contributed by atoms with Gasteiger partial charge in [0.05, 0.1) is 0 Å². The van der Waals surface area contributed by atoms with Crippen LogP contribution in [0.1, 0.15) is 11.1 Å². The van der Waals surface area contributed by atoms with E-state index in [1.165, 1.54) is 5.56 Å². The van der Waals surface area contributed by atoms with Crippen LogP contribution < -0.4 is 4.74 Å². The van der Waals surface area contributed by atoms with Crippen LogP contribution in [0.2, 0.25) is 0 Å². The number of hydrogen-bond donors (Lipinski definition) is 0. The molecule has 0 unspecified atom stereocenters. The van der Waals surface area contributed by atoms with Gasteiger partial charge in [0.1, 0.15) is 10.4 Å². The maximum absolute atomic E-state index is 5.89. The van der Waals surface area contributed by atoms with Gasteiger partial charge < -0.3 is 4.74 Å². The molecule has 2 aromatic heterocycles. The number of aryl methyl sites for hydroxylation is 2. The van der Waals surface area contributed by atoms with Crippen molar-refractivity contribution in [1.82, 2.24) is 14.4 Å². The Balaban J connectivity index is 2.07. The van der Waals surface area contributed by atoms with Gasteiger partial charge in [0.2, 0.25) is 5.65 Å². The van der Waals surface area contributed by atoms with Crippen LogP contribution in [-0.4, -0.2) is 14.4 Å². The fourth-order valence-electron chi connectivity index (χ4n) is 1.96. The lowest BCUT2D eigenvalue weighted by Crippen LogP contribution is -1.96. The van der Waals surface area contributed by atoms with E-state index in [2.05, 4.69) is 38.9 Å². The number of fused-ring (bicyclic) bond motifs is 1. The predicted molar refractivity (Wildman–Crippen MR) is 76.7 cm³/mol. The van der Waals surface area contributed by atoms with Crippen molar-refractivity contribution in [3.8, 4) is 11.6 Å². The van der Waals surface area contributed by atoms with E-state index in [1.807, 2.05) is 35.9 Å². The molecule has 3 rings (SSSR count). The molecule has 0 aliphatic carbocycles. The molecule has 19 heavy (non-hydrogen) atoms. The molecule has 0 aliphatic heterocycles. The second-order valence-electron chi connectivity index (χ2n) is 4.40. The van der Waals surface area contributed by atoms with Gasteiger partial charge in [-0.2, -0.15) is 0 Å². The minimum atomic E-state index is 0.492. The van der Waals surface area contributed by atoms with Crippen molar-refractivity contribution in [3.63, 3.8) is 0 Å².